The molecule has 0 fully saturated rings. The molecule has 1 rings (SSSR count). The average molecular weight is 258 g/mol. The van der Waals surface area contributed by atoms with Gasteiger partial charge in [0.25, 0.3) is 0 Å². The first-order chi connectivity index (χ1) is 7.79. The molecule has 5 nitrogen and oxygen atoms in total. The van der Waals surface area contributed by atoms with E-state index in [9.17, 15) is 8.42 Å². The molecule has 1 aromatic carbocycles. The molecule has 0 saturated carbocycles. The van der Waals surface area contributed by atoms with Crippen LogP contribution in [0.25, 0.3) is 0 Å². The minimum absolute atomic E-state index is 0.0152. The van der Waals surface area contributed by atoms with E-state index in [-0.39, 0.29) is 12.4 Å². The topological polar surface area (TPSA) is 72.6 Å². The van der Waals surface area contributed by atoms with Gasteiger partial charge < -0.3 is 15.4 Å². The van der Waals surface area contributed by atoms with Gasteiger partial charge in [0.05, 0.1) is 11.4 Å². The molecule has 0 spiro atoms. The summed E-state index contributed by atoms with van der Waals surface area (Å²) in [5.74, 6) is 0.499. The van der Waals surface area contributed by atoms with Gasteiger partial charge in [-0.05, 0) is 12.1 Å². The van der Waals surface area contributed by atoms with Gasteiger partial charge in [0.15, 0.2) is 9.84 Å². The lowest BCUT2D eigenvalue weighted by molar-refractivity contribution is 0.343. The van der Waals surface area contributed by atoms with Gasteiger partial charge in [0.2, 0.25) is 0 Å². The standard InChI is InChI=1S/C11H18N2O3S/c1-13(2)9-4-5-10(12)11(8-9)16-6-7-17(3,14)15/h4-5,8H,6-7,12H2,1-3H3. The number of ether oxygens (including phenoxy) is 1. The summed E-state index contributed by atoms with van der Waals surface area (Å²) in [4.78, 5) is 1.92. The highest BCUT2D eigenvalue weighted by molar-refractivity contribution is 7.90. The van der Waals surface area contributed by atoms with E-state index in [1.165, 1.54) is 6.26 Å². The van der Waals surface area contributed by atoms with E-state index < -0.39 is 9.84 Å². The van der Waals surface area contributed by atoms with Gasteiger partial charge in [-0.1, -0.05) is 0 Å². The molecule has 0 aliphatic heterocycles. The Bertz CT molecular complexity index is 483. The Labute approximate surface area is 102 Å². The molecular weight excluding hydrogens is 240 g/mol. The quantitative estimate of drug-likeness (QED) is 0.789. The highest BCUT2D eigenvalue weighted by Crippen LogP contribution is 2.26. The first kappa shape index (κ1) is 13.6. The smallest absolute Gasteiger partial charge is 0.150 e. The molecule has 0 heterocycles. The second-order valence-corrected chi connectivity index (χ2v) is 6.35. The number of sulfone groups is 1. The fourth-order valence-corrected chi connectivity index (χ4v) is 1.62. The molecule has 2 N–H and O–H groups in total. The van der Waals surface area contributed by atoms with Crippen molar-refractivity contribution in [3.63, 3.8) is 0 Å². The Morgan fingerprint density at radius 3 is 2.53 bits per heavy atom. The molecule has 0 bridgehead atoms. The van der Waals surface area contributed by atoms with Crippen LogP contribution in [-0.4, -0.2) is 41.1 Å². The van der Waals surface area contributed by atoms with E-state index in [1.54, 1.807) is 12.1 Å². The van der Waals surface area contributed by atoms with Crippen molar-refractivity contribution in [1.82, 2.24) is 0 Å². The Kier molecular flexibility index (Phi) is 4.22. The molecule has 1 aromatic rings. The maximum Gasteiger partial charge on any atom is 0.150 e. The molecule has 0 atom stereocenters. The number of hydrogen-bond donors (Lipinski definition) is 1. The fraction of sp³-hybridized carbons (Fsp3) is 0.455. The van der Waals surface area contributed by atoms with Crippen molar-refractivity contribution in [2.45, 2.75) is 0 Å². The lowest BCUT2D eigenvalue weighted by Crippen LogP contribution is -2.13. The van der Waals surface area contributed by atoms with E-state index in [2.05, 4.69) is 0 Å². The van der Waals surface area contributed by atoms with Crippen LogP contribution in [0.1, 0.15) is 0 Å². The van der Waals surface area contributed by atoms with Gasteiger partial charge in [0, 0.05) is 32.1 Å². The molecule has 0 saturated heterocycles. The van der Waals surface area contributed by atoms with Crippen molar-refractivity contribution in [2.24, 2.45) is 0 Å². The van der Waals surface area contributed by atoms with Crippen LogP contribution in [0.4, 0.5) is 11.4 Å². The van der Waals surface area contributed by atoms with Crippen LogP contribution in [0.3, 0.4) is 0 Å². The third kappa shape index (κ3) is 4.52. The summed E-state index contributed by atoms with van der Waals surface area (Å²) < 4.78 is 27.3. The SMILES string of the molecule is CN(C)c1ccc(N)c(OCCS(C)(=O)=O)c1. The van der Waals surface area contributed by atoms with Gasteiger partial charge in [-0.3, -0.25) is 0 Å². The van der Waals surface area contributed by atoms with Crippen LogP contribution in [-0.2, 0) is 9.84 Å². The van der Waals surface area contributed by atoms with Gasteiger partial charge in [-0.2, -0.15) is 0 Å². The van der Waals surface area contributed by atoms with Crippen LogP contribution in [0.5, 0.6) is 5.75 Å². The molecule has 17 heavy (non-hydrogen) atoms. The Morgan fingerprint density at radius 1 is 1.35 bits per heavy atom. The van der Waals surface area contributed by atoms with E-state index in [0.29, 0.717) is 11.4 Å². The maximum absolute atomic E-state index is 11.0. The summed E-state index contributed by atoms with van der Waals surface area (Å²) in [6.07, 6.45) is 1.18. The number of anilines is 2. The predicted molar refractivity (Wildman–Crippen MR) is 70.4 cm³/mol. The summed E-state index contributed by atoms with van der Waals surface area (Å²) >= 11 is 0. The van der Waals surface area contributed by atoms with Crippen molar-refractivity contribution in [3.8, 4) is 5.75 Å². The molecule has 0 aromatic heterocycles. The fourth-order valence-electron chi connectivity index (χ4n) is 1.23. The Morgan fingerprint density at radius 2 is 2.00 bits per heavy atom. The molecule has 6 heteroatoms. The lowest BCUT2D eigenvalue weighted by Gasteiger charge is -2.15. The van der Waals surface area contributed by atoms with Crippen LogP contribution in [0, 0.1) is 0 Å². The second kappa shape index (κ2) is 5.27. The van der Waals surface area contributed by atoms with Gasteiger partial charge in [-0.25, -0.2) is 8.42 Å². The zero-order valence-electron chi connectivity index (χ0n) is 10.3. The minimum Gasteiger partial charge on any atom is -0.490 e. The first-order valence-electron chi connectivity index (χ1n) is 5.17. The van der Waals surface area contributed by atoms with Crippen molar-refractivity contribution in [3.05, 3.63) is 18.2 Å². The normalized spacial score (nSPS) is 11.2. The summed E-state index contributed by atoms with van der Waals surface area (Å²) in [6.45, 7) is 0.111. The lowest BCUT2D eigenvalue weighted by atomic mass is 10.2. The number of hydrogen-bond acceptors (Lipinski definition) is 5. The number of nitrogens with zero attached hydrogens (tertiary/aromatic N) is 1. The number of rotatable bonds is 5. The summed E-state index contributed by atoms with van der Waals surface area (Å²) in [5.41, 5.74) is 7.20. The average Bonchev–Trinajstić information content (AvgIpc) is 2.18. The molecule has 0 amide bonds. The number of benzene rings is 1. The third-order valence-corrected chi connectivity index (χ3v) is 3.13. The molecule has 0 aliphatic carbocycles. The van der Waals surface area contributed by atoms with Crippen molar-refractivity contribution in [2.75, 3.05) is 43.3 Å². The van der Waals surface area contributed by atoms with Crippen LogP contribution in [0.15, 0.2) is 18.2 Å². The molecule has 0 aliphatic rings. The summed E-state index contributed by atoms with van der Waals surface area (Å²) in [5, 5.41) is 0. The highest BCUT2D eigenvalue weighted by Gasteiger charge is 2.06. The van der Waals surface area contributed by atoms with E-state index in [0.717, 1.165) is 5.69 Å². The van der Waals surface area contributed by atoms with E-state index in [1.807, 2.05) is 25.1 Å². The van der Waals surface area contributed by atoms with Crippen molar-refractivity contribution >= 4 is 21.2 Å². The molecule has 0 unspecified atom stereocenters. The van der Waals surface area contributed by atoms with Gasteiger partial charge in [-0.15, -0.1) is 0 Å². The van der Waals surface area contributed by atoms with Crippen molar-refractivity contribution in [1.29, 1.82) is 0 Å². The van der Waals surface area contributed by atoms with Gasteiger partial charge >= 0.3 is 0 Å². The molecule has 0 radical (unpaired) electrons. The highest BCUT2D eigenvalue weighted by atomic mass is 32.2. The van der Waals surface area contributed by atoms with E-state index >= 15 is 0 Å². The van der Waals surface area contributed by atoms with Crippen LogP contribution >= 0.6 is 0 Å². The maximum atomic E-state index is 11.0. The first-order valence-corrected chi connectivity index (χ1v) is 7.23. The number of nitrogens with two attached hydrogens (primary N) is 1. The van der Waals surface area contributed by atoms with E-state index in [4.69, 9.17) is 10.5 Å². The number of nitrogen functional groups attached to an aromatic ring is 1. The van der Waals surface area contributed by atoms with Crippen LogP contribution in [0.2, 0.25) is 0 Å². The summed E-state index contributed by atoms with van der Waals surface area (Å²) in [7, 11) is 0.807. The predicted octanol–water partition coefficient (Wildman–Crippen LogP) is 0.758. The van der Waals surface area contributed by atoms with Gasteiger partial charge in [0.1, 0.15) is 12.4 Å². The molecule has 96 valence electrons. The zero-order chi connectivity index (χ0) is 13.1. The zero-order valence-corrected chi connectivity index (χ0v) is 11.1. The third-order valence-electron chi connectivity index (χ3n) is 2.23. The van der Waals surface area contributed by atoms with Crippen LogP contribution < -0.4 is 15.4 Å². The second-order valence-electron chi connectivity index (χ2n) is 4.09. The summed E-state index contributed by atoms with van der Waals surface area (Å²) in [6, 6.07) is 5.40. The Hall–Kier alpha value is -1.43. The van der Waals surface area contributed by atoms with Crippen molar-refractivity contribution < 1.29 is 13.2 Å². The monoisotopic (exact) mass is 258 g/mol. The molecular formula is C11H18N2O3S. The Balaban J connectivity index is 2.73. The minimum atomic E-state index is -3.01. The largest absolute Gasteiger partial charge is 0.490 e.